The normalized spacial score (nSPS) is 11.5. The Hall–Kier alpha value is -2.81. The minimum absolute atomic E-state index is 0.148. The zero-order valence-electron chi connectivity index (χ0n) is 15.0. The summed E-state index contributed by atoms with van der Waals surface area (Å²) in [5.41, 5.74) is 1.85. The minimum Gasteiger partial charge on any atom is -0.492 e. The molecule has 0 radical (unpaired) electrons. The molecule has 0 spiro atoms. The molecule has 0 unspecified atom stereocenters. The van der Waals surface area contributed by atoms with Gasteiger partial charge in [-0.25, -0.2) is 8.42 Å². The van der Waals surface area contributed by atoms with Crippen LogP contribution in [0.25, 0.3) is 11.6 Å². The lowest BCUT2D eigenvalue weighted by Crippen LogP contribution is -2.15. The lowest BCUT2D eigenvalue weighted by atomic mass is 10.2. The number of aromatic nitrogens is 3. The second kappa shape index (κ2) is 6.83. The fourth-order valence-electron chi connectivity index (χ4n) is 2.78. The third-order valence-corrected chi connectivity index (χ3v) is 5.45. The van der Waals surface area contributed by atoms with E-state index in [2.05, 4.69) is 19.9 Å². The van der Waals surface area contributed by atoms with Crippen LogP contribution in [0.15, 0.2) is 33.6 Å². The second-order valence-electron chi connectivity index (χ2n) is 5.74. The third-order valence-electron chi connectivity index (χ3n) is 3.81. The first-order chi connectivity index (χ1) is 12.3. The van der Waals surface area contributed by atoms with Gasteiger partial charge in [0, 0.05) is 18.2 Å². The van der Waals surface area contributed by atoms with Gasteiger partial charge < -0.3 is 14.1 Å². The van der Waals surface area contributed by atoms with Crippen LogP contribution >= 0.6 is 0 Å². The van der Waals surface area contributed by atoms with Gasteiger partial charge in [-0.3, -0.25) is 4.72 Å². The molecular weight excluding hydrogens is 356 g/mol. The number of hydrogen-bond donors (Lipinski definition) is 2. The predicted octanol–water partition coefficient (Wildman–Crippen LogP) is 3.19. The van der Waals surface area contributed by atoms with Crippen molar-refractivity contribution in [3.05, 3.63) is 41.4 Å². The van der Waals surface area contributed by atoms with Crippen LogP contribution < -0.4 is 9.46 Å². The summed E-state index contributed by atoms with van der Waals surface area (Å²) in [5.74, 6) is 1.12. The van der Waals surface area contributed by atoms with Crippen molar-refractivity contribution in [2.45, 2.75) is 32.6 Å². The first-order valence-corrected chi connectivity index (χ1v) is 9.56. The van der Waals surface area contributed by atoms with Gasteiger partial charge in [-0.1, -0.05) is 12.1 Å². The average Bonchev–Trinajstić information content (AvgIpc) is 3.12. The molecule has 3 aromatic rings. The summed E-state index contributed by atoms with van der Waals surface area (Å²) in [6.45, 7) is 7.32. The topological polar surface area (TPSA) is 110 Å². The number of rotatable bonds is 6. The van der Waals surface area contributed by atoms with E-state index in [-0.39, 0.29) is 10.8 Å². The van der Waals surface area contributed by atoms with E-state index in [0.29, 0.717) is 40.9 Å². The number of anilines is 1. The van der Waals surface area contributed by atoms with Crippen LogP contribution in [0, 0.1) is 20.8 Å². The summed E-state index contributed by atoms with van der Waals surface area (Å²) in [7, 11) is -3.85. The first-order valence-electron chi connectivity index (χ1n) is 8.07. The minimum atomic E-state index is -3.85. The van der Waals surface area contributed by atoms with Gasteiger partial charge in [-0.15, -0.1) is 10.2 Å². The van der Waals surface area contributed by atoms with Gasteiger partial charge in [0.25, 0.3) is 15.9 Å². The third kappa shape index (κ3) is 3.30. The van der Waals surface area contributed by atoms with E-state index in [1.807, 2.05) is 6.92 Å². The Labute approximate surface area is 151 Å². The van der Waals surface area contributed by atoms with E-state index >= 15 is 0 Å². The van der Waals surface area contributed by atoms with Crippen molar-refractivity contribution < 1.29 is 17.6 Å². The van der Waals surface area contributed by atoms with Crippen molar-refractivity contribution in [1.82, 2.24) is 15.2 Å². The quantitative estimate of drug-likeness (QED) is 0.684. The summed E-state index contributed by atoms with van der Waals surface area (Å²) in [6, 6.07) is 6.89. The van der Waals surface area contributed by atoms with Crippen LogP contribution in [0.3, 0.4) is 0 Å². The maximum Gasteiger partial charge on any atom is 0.264 e. The highest BCUT2D eigenvalue weighted by molar-refractivity contribution is 7.92. The maximum atomic E-state index is 13.0. The van der Waals surface area contributed by atoms with Gasteiger partial charge >= 0.3 is 0 Å². The smallest absolute Gasteiger partial charge is 0.264 e. The lowest BCUT2D eigenvalue weighted by Gasteiger charge is -2.13. The van der Waals surface area contributed by atoms with E-state index in [1.54, 1.807) is 45.0 Å². The molecule has 0 fully saturated rings. The molecule has 0 aliphatic rings. The fourth-order valence-corrected chi connectivity index (χ4v) is 4.29. The number of aryl methyl sites for hydroxylation is 2. The molecule has 138 valence electrons. The molecule has 0 aliphatic carbocycles. The van der Waals surface area contributed by atoms with Crippen LogP contribution in [0.4, 0.5) is 5.69 Å². The highest BCUT2D eigenvalue weighted by atomic mass is 32.2. The number of sulfonamides is 1. The van der Waals surface area contributed by atoms with Crippen LogP contribution in [0.2, 0.25) is 0 Å². The van der Waals surface area contributed by atoms with E-state index in [4.69, 9.17) is 9.15 Å². The van der Waals surface area contributed by atoms with Crippen molar-refractivity contribution in [2.75, 3.05) is 11.3 Å². The predicted molar refractivity (Wildman–Crippen MR) is 96.7 cm³/mol. The number of para-hydroxylation sites is 2. The molecule has 3 rings (SSSR count). The average molecular weight is 376 g/mol. The molecule has 0 saturated heterocycles. The maximum absolute atomic E-state index is 13.0. The molecule has 0 bridgehead atoms. The number of nitrogens with one attached hydrogen (secondary N) is 2. The molecule has 2 N–H and O–H groups in total. The molecule has 2 aromatic heterocycles. The Morgan fingerprint density at radius 1 is 1.19 bits per heavy atom. The van der Waals surface area contributed by atoms with Crippen molar-refractivity contribution in [1.29, 1.82) is 0 Å². The summed E-state index contributed by atoms with van der Waals surface area (Å²) in [4.78, 5) is 3.18. The summed E-state index contributed by atoms with van der Waals surface area (Å²) in [5, 5.41) is 7.74. The molecular formula is C17H20N4O4S. The second-order valence-corrected chi connectivity index (χ2v) is 7.36. The Morgan fingerprint density at radius 2 is 1.92 bits per heavy atom. The Kier molecular flexibility index (Phi) is 4.73. The van der Waals surface area contributed by atoms with Crippen molar-refractivity contribution >= 4 is 15.7 Å². The van der Waals surface area contributed by atoms with E-state index in [0.717, 1.165) is 0 Å². The van der Waals surface area contributed by atoms with Crippen molar-refractivity contribution in [3.8, 4) is 17.3 Å². The SMILES string of the molecule is CCOc1ccccc1NS(=O)(=O)c1c(C)[nH]c(-c2nnc(C)o2)c1C. The molecule has 26 heavy (non-hydrogen) atoms. The zero-order chi connectivity index (χ0) is 18.9. The van der Waals surface area contributed by atoms with Crippen LogP contribution in [0.5, 0.6) is 5.75 Å². The highest BCUT2D eigenvalue weighted by Crippen LogP contribution is 2.32. The first kappa shape index (κ1) is 18.0. The fraction of sp³-hybridized carbons (Fsp3) is 0.294. The van der Waals surface area contributed by atoms with Gasteiger partial charge in [-0.2, -0.15) is 0 Å². The summed E-state index contributed by atoms with van der Waals surface area (Å²) >= 11 is 0. The van der Waals surface area contributed by atoms with E-state index in [1.165, 1.54) is 0 Å². The molecule has 1 aromatic carbocycles. The van der Waals surface area contributed by atoms with Crippen LogP contribution in [-0.2, 0) is 10.0 Å². The molecule has 0 atom stereocenters. The Morgan fingerprint density at radius 3 is 2.58 bits per heavy atom. The Bertz CT molecular complexity index is 1040. The van der Waals surface area contributed by atoms with Crippen LogP contribution in [-0.4, -0.2) is 30.2 Å². The van der Waals surface area contributed by atoms with Gasteiger partial charge in [0.15, 0.2) is 0 Å². The number of H-pyrrole nitrogens is 1. The van der Waals surface area contributed by atoms with Gasteiger partial charge in [0.05, 0.1) is 12.3 Å². The molecule has 8 nitrogen and oxygen atoms in total. The van der Waals surface area contributed by atoms with Gasteiger partial charge in [0.1, 0.15) is 16.3 Å². The van der Waals surface area contributed by atoms with Gasteiger partial charge in [0.2, 0.25) is 5.89 Å². The standard InChI is InChI=1S/C17H20N4O4S/c1-5-24-14-9-7-6-8-13(14)21-26(22,23)16-10(2)15(18-11(16)3)17-20-19-12(4)25-17/h6-9,18,21H,5H2,1-4H3. The molecule has 0 amide bonds. The lowest BCUT2D eigenvalue weighted by molar-refractivity contribution is 0.342. The number of nitrogens with zero attached hydrogens (tertiary/aromatic N) is 2. The highest BCUT2D eigenvalue weighted by Gasteiger charge is 2.27. The molecule has 0 aliphatic heterocycles. The molecule has 9 heteroatoms. The van der Waals surface area contributed by atoms with Gasteiger partial charge in [-0.05, 0) is 32.9 Å². The van der Waals surface area contributed by atoms with E-state index < -0.39 is 10.0 Å². The number of aromatic amines is 1. The van der Waals surface area contributed by atoms with Crippen LogP contribution in [0.1, 0.15) is 24.1 Å². The number of hydrogen-bond acceptors (Lipinski definition) is 6. The largest absolute Gasteiger partial charge is 0.492 e. The Balaban J connectivity index is 2.02. The summed E-state index contributed by atoms with van der Waals surface area (Å²) in [6.07, 6.45) is 0. The molecule has 2 heterocycles. The number of ether oxygens (including phenoxy) is 1. The summed E-state index contributed by atoms with van der Waals surface area (Å²) < 4.78 is 39.5. The van der Waals surface area contributed by atoms with E-state index in [9.17, 15) is 8.42 Å². The zero-order valence-corrected chi connectivity index (χ0v) is 15.8. The van der Waals surface area contributed by atoms with Crippen molar-refractivity contribution in [2.24, 2.45) is 0 Å². The monoisotopic (exact) mass is 376 g/mol. The molecule has 0 saturated carbocycles. The number of benzene rings is 1. The van der Waals surface area contributed by atoms with Crippen molar-refractivity contribution in [3.63, 3.8) is 0 Å².